The minimum atomic E-state index is -0.538. The number of rotatable bonds is 2. The lowest BCUT2D eigenvalue weighted by atomic mass is 9.89. The van der Waals surface area contributed by atoms with Crippen molar-refractivity contribution in [3.05, 3.63) is 39.2 Å². The normalized spacial score (nSPS) is 16.5. The van der Waals surface area contributed by atoms with Crippen LogP contribution < -0.4 is 10.4 Å². The van der Waals surface area contributed by atoms with Crippen molar-refractivity contribution in [3.63, 3.8) is 0 Å². The van der Waals surface area contributed by atoms with Crippen LogP contribution in [-0.4, -0.2) is 11.4 Å². The Labute approximate surface area is 129 Å². The van der Waals surface area contributed by atoms with Crippen LogP contribution in [0, 0.1) is 6.92 Å². The first-order valence-corrected chi connectivity index (χ1v) is 7.65. The summed E-state index contributed by atoms with van der Waals surface area (Å²) in [5, 5.41) is 0.842. The molecule has 0 bridgehead atoms. The third kappa shape index (κ3) is 2.32. The average Bonchev–Trinajstić information content (AvgIpc) is 2.41. The molecule has 0 saturated heterocycles. The molecule has 0 unspecified atom stereocenters. The molecule has 0 spiro atoms. The van der Waals surface area contributed by atoms with Gasteiger partial charge in [0.05, 0.1) is 12.0 Å². The molecular formula is C18H20O4. The predicted octanol–water partition coefficient (Wildman–Crippen LogP) is 3.80. The van der Waals surface area contributed by atoms with Crippen LogP contribution in [0.5, 0.6) is 5.75 Å². The Morgan fingerprint density at radius 2 is 1.95 bits per heavy atom. The van der Waals surface area contributed by atoms with Crippen LogP contribution in [0.2, 0.25) is 0 Å². The molecule has 2 heterocycles. The fourth-order valence-electron chi connectivity index (χ4n) is 3.11. The molecule has 0 fully saturated rings. The number of ether oxygens (including phenoxy) is 1. The van der Waals surface area contributed by atoms with E-state index in [1.165, 1.54) is 6.07 Å². The summed E-state index contributed by atoms with van der Waals surface area (Å²) in [6, 6.07) is 3.35. The molecule has 116 valence electrons. The second kappa shape index (κ2) is 4.97. The van der Waals surface area contributed by atoms with E-state index in [0.29, 0.717) is 23.3 Å². The molecule has 4 nitrogen and oxygen atoms in total. The zero-order valence-electron chi connectivity index (χ0n) is 13.4. The Kier molecular flexibility index (Phi) is 3.35. The molecule has 0 atom stereocenters. The lowest BCUT2D eigenvalue weighted by molar-refractivity contribution is 0.0616. The first-order chi connectivity index (χ1) is 10.3. The van der Waals surface area contributed by atoms with Crippen molar-refractivity contribution in [1.29, 1.82) is 0 Å². The summed E-state index contributed by atoms with van der Waals surface area (Å²) in [6.07, 6.45) is 2.05. The van der Waals surface area contributed by atoms with Gasteiger partial charge in [0.15, 0.2) is 5.78 Å². The van der Waals surface area contributed by atoms with Crippen LogP contribution in [0.1, 0.15) is 55.1 Å². The maximum absolute atomic E-state index is 12.5. The van der Waals surface area contributed by atoms with Crippen LogP contribution in [0.4, 0.5) is 0 Å². The van der Waals surface area contributed by atoms with E-state index in [9.17, 15) is 9.59 Å². The number of carbonyl (C=O) groups excluding carboxylic acids is 1. The number of aryl methyl sites for hydroxylation is 2. The van der Waals surface area contributed by atoms with Gasteiger partial charge >= 0.3 is 5.63 Å². The van der Waals surface area contributed by atoms with Gasteiger partial charge in [0, 0.05) is 17.0 Å². The minimum absolute atomic E-state index is 0.0740. The van der Waals surface area contributed by atoms with E-state index in [4.69, 9.17) is 9.15 Å². The highest BCUT2D eigenvalue weighted by Crippen LogP contribution is 2.39. The fourth-order valence-corrected chi connectivity index (χ4v) is 3.11. The number of ketones is 1. The maximum atomic E-state index is 12.5. The predicted molar refractivity (Wildman–Crippen MR) is 84.9 cm³/mol. The molecule has 2 aromatic rings. The van der Waals surface area contributed by atoms with Crippen molar-refractivity contribution >= 4 is 16.8 Å². The van der Waals surface area contributed by atoms with Gasteiger partial charge in [-0.2, -0.15) is 0 Å². The molecule has 1 aliphatic rings. The third-order valence-corrected chi connectivity index (χ3v) is 4.08. The smallest absolute Gasteiger partial charge is 0.336 e. The Bertz CT molecular complexity index is 827. The Morgan fingerprint density at radius 3 is 2.64 bits per heavy atom. The van der Waals surface area contributed by atoms with Crippen LogP contribution in [0.15, 0.2) is 21.3 Å². The first-order valence-electron chi connectivity index (χ1n) is 7.65. The van der Waals surface area contributed by atoms with E-state index in [-0.39, 0.29) is 11.4 Å². The van der Waals surface area contributed by atoms with Crippen LogP contribution in [0.3, 0.4) is 0 Å². The molecule has 4 heteroatoms. The monoisotopic (exact) mass is 300 g/mol. The van der Waals surface area contributed by atoms with Crippen molar-refractivity contribution in [2.24, 2.45) is 0 Å². The van der Waals surface area contributed by atoms with Crippen LogP contribution >= 0.6 is 0 Å². The molecule has 0 amide bonds. The lowest BCUT2D eigenvalue weighted by Gasteiger charge is -2.32. The van der Waals surface area contributed by atoms with Crippen molar-refractivity contribution in [2.45, 2.75) is 52.6 Å². The molecule has 3 rings (SSSR count). The zero-order valence-corrected chi connectivity index (χ0v) is 13.4. The highest BCUT2D eigenvalue weighted by Gasteiger charge is 2.34. The van der Waals surface area contributed by atoms with Crippen molar-refractivity contribution in [2.75, 3.05) is 0 Å². The van der Waals surface area contributed by atoms with Gasteiger partial charge in [0.2, 0.25) is 0 Å². The molecule has 1 aliphatic heterocycles. The maximum Gasteiger partial charge on any atom is 0.336 e. The Hall–Kier alpha value is -2.10. The number of Topliss-reactive ketones (excluding diaryl/α,β-unsaturated/α-hetero) is 1. The van der Waals surface area contributed by atoms with E-state index in [2.05, 4.69) is 6.92 Å². The van der Waals surface area contributed by atoms with Crippen molar-refractivity contribution in [1.82, 2.24) is 0 Å². The second-order valence-electron chi connectivity index (χ2n) is 6.56. The molecular weight excluding hydrogens is 280 g/mol. The van der Waals surface area contributed by atoms with Gasteiger partial charge in [-0.15, -0.1) is 0 Å². The quantitative estimate of drug-likeness (QED) is 0.792. The standard InChI is InChI=1S/C18H20O4/c1-5-6-11-7-15(20)21-16-10(2)17-13(8-12(11)16)14(19)9-18(3,4)22-17/h7-8H,5-6,9H2,1-4H3. The summed E-state index contributed by atoms with van der Waals surface area (Å²) in [5.41, 5.74) is 1.88. The molecule has 0 N–H and O–H groups in total. The summed E-state index contributed by atoms with van der Waals surface area (Å²) in [6.45, 7) is 7.68. The van der Waals surface area contributed by atoms with Gasteiger partial charge in [0.25, 0.3) is 0 Å². The van der Waals surface area contributed by atoms with Crippen molar-refractivity contribution < 1.29 is 13.9 Å². The van der Waals surface area contributed by atoms with Gasteiger partial charge in [-0.3, -0.25) is 4.79 Å². The molecule has 0 saturated carbocycles. The minimum Gasteiger partial charge on any atom is -0.486 e. The molecule has 0 aliphatic carbocycles. The lowest BCUT2D eigenvalue weighted by Crippen LogP contribution is -2.36. The highest BCUT2D eigenvalue weighted by atomic mass is 16.5. The highest BCUT2D eigenvalue weighted by molar-refractivity contribution is 6.05. The number of hydrogen-bond acceptors (Lipinski definition) is 4. The van der Waals surface area contributed by atoms with E-state index in [0.717, 1.165) is 29.4 Å². The van der Waals surface area contributed by atoms with Gasteiger partial charge in [-0.05, 0) is 38.8 Å². The molecule has 22 heavy (non-hydrogen) atoms. The van der Waals surface area contributed by atoms with Gasteiger partial charge in [-0.25, -0.2) is 4.79 Å². The third-order valence-electron chi connectivity index (χ3n) is 4.08. The first kappa shape index (κ1) is 14.8. The SMILES string of the molecule is CCCc1cc(=O)oc2c(C)c3c(cc12)C(=O)CC(C)(C)O3. The van der Waals surface area contributed by atoms with Gasteiger partial charge in [-0.1, -0.05) is 13.3 Å². The van der Waals surface area contributed by atoms with E-state index >= 15 is 0 Å². The fraction of sp³-hybridized carbons (Fsp3) is 0.444. The molecule has 1 aromatic carbocycles. The zero-order chi connectivity index (χ0) is 16.1. The number of hydrogen-bond donors (Lipinski definition) is 0. The van der Waals surface area contributed by atoms with E-state index < -0.39 is 5.60 Å². The average molecular weight is 300 g/mol. The van der Waals surface area contributed by atoms with Gasteiger partial charge < -0.3 is 9.15 Å². The summed E-state index contributed by atoms with van der Waals surface area (Å²) < 4.78 is 11.4. The largest absolute Gasteiger partial charge is 0.486 e. The number of carbonyl (C=O) groups is 1. The molecule has 0 radical (unpaired) electrons. The summed E-state index contributed by atoms with van der Waals surface area (Å²) >= 11 is 0. The summed E-state index contributed by atoms with van der Waals surface area (Å²) in [5.74, 6) is 0.621. The van der Waals surface area contributed by atoms with E-state index in [1.807, 2.05) is 26.8 Å². The number of benzene rings is 1. The van der Waals surface area contributed by atoms with Crippen molar-refractivity contribution in [3.8, 4) is 5.75 Å². The van der Waals surface area contributed by atoms with Crippen LogP contribution in [0.25, 0.3) is 11.0 Å². The van der Waals surface area contributed by atoms with Gasteiger partial charge in [0.1, 0.15) is 16.9 Å². The van der Waals surface area contributed by atoms with Crippen LogP contribution in [-0.2, 0) is 6.42 Å². The topological polar surface area (TPSA) is 56.5 Å². The second-order valence-corrected chi connectivity index (χ2v) is 6.56. The Balaban J connectivity index is 2.36. The molecule has 1 aromatic heterocycles. The Morgan fingerprint density at radius 1 is 1.23 bits per heavy atom. The summed E-state index contributed by atoms with van der Waals surface area (Å²) in [7, 11) is 0. The number of fused-ring (bicyclic) bond motifs is 2. The van der Waals surface area contributed by atoms with E-state index in [1.54, 1.807) is 0 Å². The summed E-state index contributed by atoms with van der Waals surface area (Å²) in [4.78, 5) is 24.3.